The molecular formula is C19H25ClN2O. The van der Waals surface area contributed by atoms with Crippen LogP contribution >= 0.6 is 11.6 Å². The molecule has 0 radical (unpaired) electrons. The molecule has 0 saturated heterocycles. The Morgan fingerprint density at radius 2 is 2.09 bits per heavy atom. The quantitative estimate of drug-likeness (QED) is 0.861. The predicted molar refractivity (Wildman–Crippen MR) is 96.0 cm³/mol. The van der Waals surface area contributed by atoms with Gasteiger partial charge < -0.3 is 10.5 Å². The molecule has 1 saturated carbocycles. The first-order valence-corrected chi connectivity index (χ1v) is 8.88. The van der Waals surface area contributed by atoms with E-state index in [1.807, 2.05) is 24.4 Å². The molecule has 3 nitrogen and oxygen atoms in total. The summed E-state index contributed by atoms with van der Waals surface area (Å²) in [6.45, 7) is 4.39. The Morgan fingerprint density at radius 3 is 2.74 bits per heavy atom. The number of nitrogens with two attached hydrogens (primary N) is 1. The summed E-state index contributed by atoms with van der Waals surface area (Å²) in [6.07, 6.45) is 9.29. The highest BCUT2D eigenvalue weighted by atomic mass is 35.5. The Balaban J connectivity index is 1.73. The van der Waals surface area contributed by atoms with Crippen molar-refractivity contribution in [1.82, 2.24) is 4.98 Å². The van der Waals surface area contributed by atoms with E-state index in [1.54, 1.807) is 6.20 Å². The van der Waals surface area contributed by atoms with Crippen molar-refractivity contribution in [3.05, 3.63) is 35.6 Å². The van der Waals surface area contributed by atoms with E-state index in [-0.39, 0.29) is 17.6 Å². The van der Waals surface area contributed by atoms with Crippen molar-refractivity contribution in [2.75, 3.05) is 0 Å². The van der Waals surface area contributed by atoms with E-state index < -0.39 is 0 Å². The van der Waals surface area contributed by atoms with Crippen LogP contribution in [0.4, 0.5) is 0 Å². The van der Waals surface area contributed by atoms with Crippen LogP contribution in [0.5, 0.6) is 5.75 Å². The summed E-state index contributed by atoms with van der Waals surface area (Å²) in [7, 11) is 0. The van der Waals surface area contributed by atoms with E-state index >= 15 is 0 Å². The van der Waals surface area contributed by atoms with Gasteiger partial charge in [-0.05, 0) is 62.6 Å². The van der Waals surface area contributed by atoms with Crippen LogP contribution in [0.3, 0.4) is 0 Å². The van der Waals surface area contributed by atoms with Gasteiger partial charge in [0.2, 0.25) is 0 Å². The lowest BCUT2D eigenvalue weighted by molar-refractivity contribution is 0.0620. The number of hydrogen-bond donors (Lipinski definition) is 1. The normalized spacial score (nSPS) is 26.2. The molecule has 0 spiro atoms. The molecule has 1 aliphatic carbocycles. The summed E-state index contributed by atoms with van der Waals surface area (Å²) in [4.78, 5) is 4.13. The molecule has 1 fully saturated rings. The van der Waals surface area contributed by atoms with Crippen LogP contribution in [0.2, 0.25) is 5.02 Å². The lowest BCUT2D eigenvalue weighted by Crippen LogP contribution is -2.43. The third kappa shape index (κ3) is 3.17. The minimum atomic E-state index is 0.227. The molecule has 1 unspecified atom stereocenters. The molecule has 0 bridgehead atoms. The van der Waals surface area contributed by atoms with Crippen LogP contribution in [0.15, 0.2) is 30.6 Å². The zero-order valence-electron chi connectivity index (χ0n) is 13.9. The molecule has 1 aromatic carbocycles. The van der Waals surface area contributed by atoms with Gasteiger partial charge in [0.15, 0.2) is 0 Å². The van der Waals surface area contributed by atoms with Crippen molar-refractivity contribution in [2.45, 2.75) is 58.1 Å². The molecule has 4 heteroatoms. The van der Waals surface area contributed by atoms with Crippen LogP contribution in [0.25, 0.3) is 10.8 Å². The van der Waals surface area contributed by atoms with E-state index in [2.05, 4.69) is 18.8 Å². The standard InChI is InChI=1S/C19H25ClN2O/c1-3-19(13(2)21)9-6-15(7-10-19)23-17-5-4-14-12-22-11-8-16(14)18(17)20/h4-5,8,11-13,15H,3,6-7,9-10,21H2,1-2H3/t13?,15-,19+. The van der Waals surface area contributed by atoms with E-state index in [4.69, 9.17) is 22.1 Å². The molecular weight excluding hydrogens is 308 g/mol. The highest BCUT2D eigenvalue weighted by Crippen LogP contribution is 2.43. The van der Waals surface area contributed by atoms with Gasteiger partial charge in [-0.1, -0.05) is 18.5 Å². The maximum atomic E-state index is 6.52. The second-order valence-electron chi connectivity index (χ2n) is 6.80. The van der Waals surface area contributed by atoms with Gasteiger partial charge in [0, 0.05) is 29.2 Å². The highest BCUT2D eigenvalue weighted by molar-refractivity contribution is 6.37. The second-order valence-corrected chi connectivity index (χ2v) is 7.17. The first kappa shape index (κ1) is 16.5. The number of rotatable bonds is 4. The minimum Gasteiger partial charge on any atom is -0.489 e. The summed E-state index contributed by atoms with van der Waals surface area (Å²) in [5, 5.41) is 2.72. The van der Waals surface area contributed by atoms with Gasteiger partial charge in [-0.15, -0.1) is 0 Å². The van der Waals surface area contributed by atoms with Crippen molar-refractivity contribution in [3.8, 4) is 5.75 Å². The third-order valence-corrected chi connectivity index (χ3v) is 6.00. The number of nitrogens with zero attached hydrogens (tertiary/aromatic N) is 1. The number of pyridine rings is 1. The Bertz CT molecular complexity index is 678. The Hall–Kier alpha value is -1.32. The number of fused-ring (bicyclic) bond motifs is 1. The number of halogens is 1. The SMILES string of the molecule is CC[C@]1(C(C)N)CC[C@@H](Oc2ccc3cnccc3c2Cl)CC1. The molecule has 1 atom stereocenters. The summed E-state index contributed by atoms with van der Waals surface area (Å²) < 4.78 is 6.22. The van der Waals surface area contributed by atoms with Crippen molar-refractivity contribution < 1.29 is 4.74 Å². The molecule has 0 aliphatic heterocycles. The van der Waals surface area contributed by atoms with Gasteiger partial charge in [-0.25, -0.2) is 0 Å². The number of aromatic nitrogens is 1. The van der Waals surface area contributed by atoms with Gasteiger partial charge >= 0.3 is 0 Å². The predicted octanol–water partition coefficient (Wildman–Crippen LogP) is 4.95. The smallest absolute Gasteiger partial charge is 0.138 e. The average Bonchev–Trinajstić information content (AvgIpc) is 2.58. The monoisotopic (exact) mass is 332 g/mol. The Morgan fingerprint density at radius 1 is 1.35 bits per heavy atom. The van der Waals surface area contributed by atoms with Crippen LogP contribution in [-0.4, -0.2) is 17.1 Å². The van der Waals surface area contributed by atoms with Gasteiger partial charge in [-0.2, -0.15) is 0 Å². The number of ether oxygens (including phenoxy) is 1. The molecule has 1 aliphatic rings. The molecule has 2 aromatic rings. The van der Waals surface area contributed by atoms with Crippen LogP contribution in [-0.2, 0) is 0 Å². The minimum absolute atomic E-state index is 0.227. The molecule has 3 rings (SSSR count). The van der Waals surface area contributed by atoms with Crippen molar-refractivity contribution >= 4 is 22.4 Å². The van der Waals surface area contributed by atoms with E-state index in [0.717, 1.165) is 48.6 Å². The summed E-state index contributed by atoms with van der Waals surface area (Å²) in [5.41, 5.74) is 6.51. The van der Waals surface area contributed by atoms with Gasteiger partial charge in [-0.3, -0.25) is 4.98 Å². The van der Waals surface area contributed by atoms with E-state index in [1.165, 1.54) is 0 Å². The lowest BCUT2D eigenvalue weighted by atomic mass is 9.67. The largest absolute Gasteiger partial charge is 0.489 e. The molecule has 1 aromatic heterocycles. The van der Waals surface area contributed by atoms with Crippen LogP contribution < -0.4 is 10.5 Å². The van der Waals surface area contributed by atoms with Gasteiger partial charge in [0.05, 0.1) is 11.1 Å². The molecule has 0 amide bonds. The fourth-order valence-corrected chi connectivity index (χ4v) is 4.08. The van der Waals surface area contributed by atoms with Crippen molar-refractivity contribution in [1.29, 1.82) is 0 Å². The first-order valence-electron chi connectivity index (χ1n) is 8.50. The highest BCUT2D eigenvalue weighted by Gasteiger charge is 2.37. The maximum Gasteiger partial charge on any atom is 0.138 e. The van der Waals surface area contributed by atoms with E-state index in [9.17, 15) is 0 Å². The van der Waals surface area contributed by atoms with Gasteiger partial charge in [0.1, 0.15) is 5.75 Å². The topological polar surface area (TPSA) is 48.1 Å². The van der Waals surface area contributed by atoms with Crippen LogP contribution in [0.1, 0.15) is 46.0 Å². The zero-order valence-corrected chi connectivity index (χ0v) is 14.6. The summed E-state index contributed by atoms with van der Waals surface area (Å²) >= 11 is 6.52. The summed E-state index contributed by atoms with van der Waals surface area (Å²) in [5.74, 6) is 0.778. The first-order chi connectivity index (χ1) is 11.1. The van der Waals surface area contributed by atoms with Crippen molar-refractivity contribution in [3.63, 3.8) is 0 Å². The fraction of sp³-hybridized carbons (Fsp3) is 0.526. The lowest BCUT2D eigenvalue weighted by Gasteiger charge is -2.42. The fourth-order valence-electron chi connectivity index (χ4n) is 3.80. The second kappa shape index (κ2) is 6.66. The Kier molecular flexibility index (Phi) is 4.79. The van der Waals surface area contributed by atoms with Crippen molar-refractivity contribution in [2.24, 2.45) is 11.1 Å². The van der Waals surface area contributed by atoms with E-state index in [0.29, 0.717) is 5.02 Å². The molecule has 2 N–H and O–H groups in total. The zero-order chi connectivity index (χ0) is 16.4. The third-order valence-electron chi connectivity index (χ3n) is 5.61. The Labute approximate surface area is 143 Å². The number of benzene rings is 1. The summed E-state index contributed by atoms with van der Waals surface area (Å²) in [6, 6.07) is 6.15. The van der Waals surface area contributed by atoms with Crippen LogP contribution in [0, 0.1) is 5.41 Å². The average molecular weight is 333 g/mol. The van der Waals surface area contributed by atoms with Gasteiger partial charge in [0.25, 0.3) is 0 Å². The number of hydrogen-bond acceptors (Lipinski definition) is 3. The molecule has 23 heavy (non-hydrogen) atoms. The molecule has 124 valence electrons. The maximum absolute atomic E-state index is 6.52. The molecule has 1 heterocycles.